The van der Waals surface area contributed by atoms with Crippen LogP contribution in [0.25, 0.3) is 0 Å². The fraction of sp³-hybridized carbons (Fsp3) is 0.222. The number of anilines is 1. The van der Waals surface area contributed by atoms with E-state index >= 15 is 0 Å². The summed E-state index contributed by atoms with van der Waals surface area (Å²) in [5, 5.41) is 22.1. The smallest absolute Gasteiger partial charge is 0.282 e. The maximum absolute atomic E-state index is 10.8. The lowest BCUT2D eigenvalue weighted by Gasteiger charge is -2.12. The Morgan fingerprint density at radius 2 is 2.19 bits per heavy atom. The molecule has 0 aliphatic carbocycles. The number of benzene rings is 1. The summed E-state index contributed by atoms with van der Waals surface area (Å²) in [6, 6.07) is 4.47. The molecule has 0 unspecified atom stereocenters. The number of nitrogens with zero attached hydrogens (tertiary/aromatic N) is 3. The van der Waals surface area contributed by atoms with Crippen LogP contribution in [-0.2, 0) is 0 Å². The Hall–Kier alpha value is -2.31. The van der Waals surface area contributed by atoms with Crippen molar-refractivity contribution in [2.45, 2.75) is 0 Å². The van der Waals surface area contributed by atoms with Gasteiger partial charge in [-0.15, -0.1) is 0 Å². The third-order valence-corrected chi connectivity index (χ3v) is 2.08. The van der Waals surface area contributed by atoms with E-state index in [9.17, 15) is 10.1 Å². The summed E-state index contributed by atoms with van der Waals surface area (Å²) in [6.45, 7) is 0. The monoisotopic (exact) mass is 224 g/mol. The van der Waals surface area contributed by atoms with Crippen LogP contribution >= 0.6 is 0 Å². The van der Waals surface area contributed by atoms with Gasteiger partial charge in [-0.2, -0.15) is 0 Å². The number of nitro benzene ring substituents is 1. The molecule has 3 N–H and O–H groups in total. The molecule has 0 aliphatic heterocycles. The largest absolute Gasteiger partial charge is 0.409 e. The van der Waals surface area contributed by atoms with Crippen molar-refractivity contribution >= 4 is 17.2 Å². The Morgan fingerprint density at radius 1 is 1.56 bits per heavy atom. The predicted octanol–water partition coefficient (Wildman–Crippen LogP) is 0.755. The third kappa shape index (κ3) is 2.19. The van der Waals surface area contributed by atoms with Crippen LogP contribution in [0.15, 0.2) is 23.4 Å². The van der Waals surface area contributed by atoms with Crippen molar-refractivity contribution in [2.75, 3.05) is 19.0 Å². The van der Waals surface area contributed by atoms with Gasteiger partial charge in [0.25, 0.3) is 5.69 Å². The Kier molecular flexibility index (Phi) is 3.29. The number of nitrogens with two attached hydrogens (primary N) is 1. The van der Waals surface area contributed by atoms with Gasteiger partial charge in [0.15, 0.2) is 5.84 Å². The summed E-state index contributed by atoms with van der Waals surface area (Å²) in [6.07, 6.45) is 0. The van der Waals surface area contributed by atoms with Gasteiger partial charge in [0.2, 0.25) is 0 Å². The van der Waals surface area contributed by atoms with E-state index in [1.807, 2.05) is 0 Å². The highest BCUT2D eigenvalue weighted by Crippen LogP contribution is 2.24. The molecule has 0 saturated carbocycles. The van der Waals surface area contributed by atoms with E-state index in [0.717, 1.165) is 0 Å². The molecular weight excluding hydrogens is 212 g/mol. The summed E-state index contributed by atoms with van der Waals surface area (Å²) >= 11 is 0. The predicted molar refractivity (Wildman–Crippen MR) is 59.9 cm³/mol. The second-order valence-electron chi connectivity index (χ2n) is 3.34. The lowest BCUT2D eigenvalue weighted by molar-refractivity contribution is -0.385. The van der Waals surface area contributed by atoms with E-state index in [2.05, 4.69) is 5.16 Å². The van der Waals surface area contributed by atoms with Gasteiger partial charge >= 0.3 is 0 Å². The standard InChI is InChI=1S/C9H12N4O3/c1-12(2)6-3-4-7(9(10)11-14)8(5-6)13(15)16/h3-5,14H,1-2H3,(H2,10,11). The fourth-order valence-corrected chi connectivity index (χ4v) is 1.22. The topological polar surface area (TPSA) is 105 Å². The van der Waals surface area contributed by atoms with Crippen LogP contribution in [0.4, 0.5) is 11.4 Å². The highest BCUT2D eigenvalue weighted by atomic mass is 16.6. The summed E-state index contributed by atoms with van der Waals surface area (Å²) in [4.78, 5) is 12.0. The Balaban J connectivity index is 3.36. The summed E-state index contributed by atoms with van der Waals surface area (Å²) in [7, 11) is 3.53. The van der Waals surface area contributed by atoms with Crippen molar-refractivity contribution in [1.29, 1.82) is 0 Å². The number of rotatable bonds is 3. The molecular formula is C9H12N4O3. The van der Waals surface area contributed by atoms with E-state index in [0.29, 0.717) is 5.69 Å². The van der Waals surface area contributed by atoms with Crippen molar-refractivity contribution in [3.63, 3.8) is 0 Å². The summed E-state index contributed by atoms with van der Waals surface area (Å²) in [5.41, 5.74) is 5.91. The van der Waals surface area contributed by atoms with Crippen molar-refractivity contribution in [3.8, 4) is 0 Å². The minimum Gasteiger partial charge on any atom is -0.409 e. The Bertz CT molecular complexity index is 442. The molecule has 0 radical (unpaired) electrons. The van der Waals surface area contributed by atoms with Crippen molar-refractivity contribution in [3.05, 3.63) is 33.9 Å². The normalized spacial score (nSPS) is 11.2. The zero-order chi connectivity index (χ0) is 12.3. The van der Waals surface area contributed by atoms with Gasteiger partial charge in [-0.05, 0) is 12.1 Å². The first-order chi connectivity index (χ1) is 7.47. The molecule has 7 heteroatoms. The van der Waals surface area contributed by atoms with Crippen LogP contribution in [0.3, 0.4) is 0 Å². The van der Waals surface area contributed by atoms with Crippen LogP contribution in [-0.4, -0.2) is 30.1 Å². The average Bonchev–Trinajstić information content (AvgIpc) is 2.26. The maximum Gasteiger partial charge on any atom is 0.282 e. The van der Waals surface area contributed by atoms with Crippen molar-refractivity contribution in [1.82, 2.24) is 0 Å². The molecule has 0 atom stereocenters. The molecule has 1 aromatic carbocycles. The molecule has 1 aromatic rings. The van der Waals surface area contributed by atoms with E-state index < -0.39 is 4.92 Å². The van der Waals surface area contributed by atoms with Gasteiger partial charge in [0, 0.05) is 25.8 Å². The number of oxime groups is 1. The molecule has 1 rings (SSSR count). The number of hydrogen-bond acceptors (Lipinski definition) is 5. The maximum atomic E-state index is 10.8. The second-order valence-corrected chi connectivity index (χ2v) is 3.34. The van der Waals surface area contributed by atoms with Crippen molar-refractivity contribution in [2.24, 2.45) is 10.9 Å². The fourth-order valence-electron chi connectivity index (χ4n) is 1.22. The van der Waals surface area contributed by atoms with E-state index in [4.69, 9.17) is 10.9 Å². The number of hydrogen-bond donors (Lipinski definition) is 2. The molecule has 0 amide bonds. The Morgan fingerprint density at radius 3 is 2.62 bits per heavy atom. The highest BCUT2D eigenvalue weighted by Gasteiger charge is 2.18. The lowest BCUT2D eigenvalue weighted by atomic mass is 10.1. The van der Waals surface area contributed by atoms with E-state index in [-0.39, 0.29) is 17.1 Å². The van der Waals surface area contributed by atoms with Crippen LogP contribution in [0.5, 0.6) is 0 Å². The SMILES string of the molecule is CN(C)c1ccc(C(N)=NO)c([N+](=O)[O-])c1. The minimum atomic E-state index is -0.569. The highest BCUT2D eigenvalue weighted by molar-refractivity contribution is 6.01. The van der Waals surface area contributed by atoms with Crippen LogP contribution in [0.1, 0.15) is 5.56 Å². The zero-order valence-corrected chi connectivity index (χ0v) is 8.91. The quantitative estimate of drug-likeness (QED) is 0.259. The first-order valence-electron chi connectivity index (χ1n) is 4.41. The van der Waals surface area contributed by atoms with Crippen LogP contribution in [0, 0.1) is 10.1 Å². The first-order valence-corrected chi connectivity index (χ1v) is 4.41. The summed E-state index contributed by atoms with van der Waals surface area (Å²) < 4.78 is 0. The van der Waals surface area contributed by atoms with Crippen molar-refractivity contribution < 1.29 is 10.1 Å². The molecule has 0 aromatic heterocycles. The van der Waals surface area contributed by atoms with E-state index in [1.54, 1.807) is 25.1 Å². The van der Waals surface area contributed by atoms with Gasteiger partial charge < -0.3 is 15.8 Å². The zero-order valence-electron chi connectivity index (χ0n) is 8.91. The molecule has 0 aliphatic rings. The summed E-state index contributed by atoms with van der Waals surface area (Å²) in [5.74, 6) is -0.281. The lowest BCUT2D eigenvalue weighted by Crippen LogP contribution is -2.16. The Labute approximate surface area is 91.9 Å². The molecule has 0 heterocycles. The first kappa shape index (κ1) is 11.8. The van der Waals surface area contributed by atoms with Gasteiger partial charge in [-0.25, -0.2) is 0 Å². The van der Waals surface area contributed by atoms with Gasteiger partial charge in [0.05, 0.1) is 10.5 Å². The number of amidine groups is 1. The molecule has 16 heavy (non-hydrogen) atoms. The van der Waals surface area contributed by atoms with Crippen LogP contribution < -0.4 is 10.6 Å². The van der Waals surface area contributed by atoms with Gasteiger partial charge in [0.1, 0.15) is 0 Å². The minimum absolute atomic E-state index is 0.0955. The molecule has 0 spiro atoms. The van der Waals surface area contributed by atoms with Gasteiger partial charge in [-0.3, -0.25) is 10.1 Å². The molecule has 0 fully saturated rings. The average molecular weight is 224 g/mol. The molecule has 7 nitrogen and oxygen atoms in total. The second kappa shape index (κ2) is 4.47. The molecule has 0 saturated heterocycles. The molecule has 0 bridgehead atoms. The van der Waals surface area contributed by atoms with Crippen LogP contribution in [0.2, 0.25) is 0 Å². The van der Waals surface area contributed by atoms with Gasteiger partial charge in [-0.1, -0.05) is 5.16 Å². The molecule has 86 valence electrons. The number of nitro groups is 1. The third-order valence-electron chi connectivity index (χ3n) is 2.08. The van der Waals surface area contributed by atoms with E-state index in [1.165, 1.54) is 12.1 Å².